The van der Waals surface area contributed by atoms with E-state index in [0.717, 1.165) is 17.8 Å². The van der Waals surface area contributed by atoms with Crippen LogP contribution >= 0.6 is 0 Å². The van der Waals surface area contributed by atoms with Gasteiger partial charge in [0.15, 0.2) is 11.4 Å². The van der Waals surface area contributed by atoms with Gasteiger partial charge in [-0.1, -0.05) is 26.8 Å². The van der Waals surface area contributed by atoms with Crippen molar-refractivity contribution >= 4 is 29.1 Å². The molecule has 8 heteroatoms. The summed E-state index contributed by atoms with van der Waals surface area (Å²) in [6, 6.07) is 9.40. The molecule has 1 unspecified atom stereocenters. The minimum atomic E-state index is -1.33. The number of nitrogens with two attached hydrogens (primary N) is 2. The lowest BCUT2D eigenvalue weighted by Gasteiger charge is -2.45. The summed E-state index contributed by atoms with van der Waals surface area (Å²) in [5.74, 6) is -0.847. The second-order valence-corrected chi connectivity index (χ2v) is 9.03. The molecule has 0 radical (unpaired) electrons. The summed E-state index contributed by atoms with van der Waals surface area (Å²) in [5.41, 5.74) is 12.1. The first-order valence-electron chi connectivity index (χ1n) is 9.69. The number of rotatable bonds is 4. The third-order valence-electron chi connectivity index (χ3n) is 5.64. The largest absolute Gasteiger partial charge is 0.369 e. The van der Waals surface area contributed by atoms with E-state index in [1.54, 1.807) is 23.2 Å². The molecule has 0 aromatic carbocycles. The molecule has 2 atom stereocenters. The van der Waals surface area contributed by atoms with E-state index in [0.29, 0.717) is 18.2 Å². The predicted octanol–water partition coefficient (Wildman–Crippen LogP) is 1.36. The molecular formula is C21H26N6O2. The number of hydrogen-bond acceptors (Lipinski definition) is 6. The minimum absolute atomic E-state index is 0.0438. The van der Waals surface area contributed by atoms with Gasteiger partial charge in [0.05, 0.1) is 18.2 Å². The number of pyridine rings is 2. The van der Waals surface area contributed by atoms with E-state index < -0.39 is 23.3 Å². The number of primary amides is 2. The molecule has 2 aliphatic rings. The van der Waals surface area contributed by atoms with Crippen LogP contribution < -0.4 is 21.3 Å². The zero-order valence-electron chi connectivity index (χ0n) is 16.9. The Bertz CT molecular complexity index is 971. The molecule has 0 spiro atoms. The lowest BCUT2D eigenvalue weighted by molar-refractivity contribution is -0.130. The van der Waals surface area contributed by atoms with Gasteiger partial charge < -0.3 is 16.4 Å². The zero-order valence-corrected chi connectivity index (χ0v) is 16.9. The van der Waals surface area contributed by atoms with Gasteiger partial charge in [0.25, 0.3) is 0 Å². The summed E-state index contributed by atoms with van der Waals surface area (Å²) in [7, 11) is 0. The fourth-order valence-corrected chi connectivity index (χ4v) is 4.45. The second-order valence-electron chi connectivity index (χ2n) is 9.03. The van der Waals surface area contributed by atoms with Crippen molar-refractivity contribution in [2.24, 2.45) is 22.8 Å². The molecule has 0 aliphatic carbocycles. The Hall–Kier alpha value is -3.16. The SMILES string of the molecule is CC(C)(C)Cc1ccc2c(n1)N(c1ccccn1)[C@]1(C(N)=O)CN2CC1C(N)=O. The molecule has 4 rings (SSSR count). The van der Waals surface area contributed by atoms with Gasteiger partial charge in [-0.05, 0) is 36.1 Å². The fourth-order valence-electron chi connectivity index (χ4n) is 4.45. The molecule has 29 heavy (non-hydrogen) atoms. The first-order valence-corrected chi connectivity index (χ1v) is 9.69. The summed E-state index contributed by atoms with van der Waals surface area (Å²) in [5, 5.41) is 0. The van der Waals surface area contributed by atoms with Crippen molar-refractivity contribution < 1.29 is 9.59 Å². The fraction of sp³-hybridized carbons (Fsp3) is 0.429. The highest BCUT2D eigenvalue weighted by Crippen LogP contribution is 2.50. The van der Waals surface area contributed by atoms with E-state index in [1.807, 2.05) is 23.1 Å². The van der Waals surface area contributed by atoms with E-state index >= 15 is 0 Å². The molecule has 2 aromatic heterocycles. The molecule has 2 amide bonds. The van der Waals surface area contributed by atoms with Crippen molar-refractivity contribution in [1.29, 1.82) is 0 Å². The van der Waals surface area contributed by atoms with Crippen LogP contribution in [0.15, 0.2) is 36.5 Å². The standard InChI is InChI=1S/C21H26N6O2/c1-20(2,3)10-13-7-8-15-18(25-13)27(16-6-4-5-9-24-16)21(19(23)29)12-26(15)11-14(21)17(22)28/h4-9,14H,10-12H2,1-3H3,(H2,22,28)(H2,23,29)/t14?,21-/m1/s1. The highest BCUT2D eigenvalue weighted by molar-refractivity contribution is 6.02. The van der Waals surface area contributed by atoms with Crippen LogP contribution in [0.4, 0.5) is 17.3 Å². The smallest absolute Gasteiger partial charge is 0.246 e. The number of carbonyl (C=O) groups excluding carboxylic acids is 2. The molecule has 8 nitrogen and oxygen atoms in total. The van der Waals surface area contributed by atoms with Gasteiger partial charge in [0.2, 0.25) is 11.8 Å². The Balaban J connectivity index is 1.96. The quantitative estimate of drug-likeness (QED) is 0.808. The summed E-state index contributed by atoms with van der Waals surface area (Å²) >= 11 is 0. The molecule has 1 saturated heterocycles. The molecule has 152 valence electrons. The Kier molecular flexibility index (Phi) is 4.25. The Morgan fingerprint density at radius 2 is 1.97 bits per heavy atom. The van der Waals surface area contributed by atoms with Crippen LogP contribution in [0.5, 0.6) is 0 Å². The maximum absolute atomic E-state index is 12.8. The molecule has 0 saturated carbocycles. The van der Waals surface area contributed by atoms with Crippen molar-refractivity contribution in [2.45, 2.75) is 32.7 Å². The van der Waals surface area contributed by atoms with Gasteiger partial charge >= 0.3 is 0 Å². The number of anilines is 3. The second kappa shape index (κ2) is 6.43. The van der Waals surface area contributed by atoms with Crippen LogP contribution in [0.25, 0.3) is 0 Å². The summed E-state index contributed by atoms with van der Waals surface area (Å²) < 4.78 is 0. The average molecular weight is 394 g/mol. The molecule has 2 aliphatic heterocycles. The van der Waals surface area contributed by atoms with E-state index in [2.05, 4.69) is 25.8 Å². The normalized spacial score (nSPS) is 23.1. The number of carbonyl (C=O) groups is 2. The van der Waals surface area contributed by atoms with Gasteiger partial charge in [-0.25, -0.2) is 9.97 Å². The van der Waals surface area contributed by atoms with Gasteiger partial charge in [0, 0.05) is 18.4 Å². The van der Waals surface area contributed by atoms with Crippen molar-refractivity contribution in [3.63, 3.8) is 0 Å². The monoisotopic (exact) mass is 394 g/mol. The van der Waals surface area contributed by atoms with E-state index in [-0.39, 0.29) is 12.0 Å². The van der Waals surface area contributed by atoms with Crippen molar-refractivity contribution in [2.75, 3.05) is 22.9 Å². The summed E-state index contributed by atoms with van der Waals surface area (Å²) in [6.45, 7) is 7.01. The lowest BCUT2D eigenvalue weighted by atomic mass is 9.83. The van der Waals surface area contributed by atoms with Crippen LogP contribution in [0, 0.1) is 11.3 Å². The van der Waals surface area contributed by atoms with Gasteiger partial charge in [0.1, 0.15) is 5.82 Å². The highest BCUT2D eigenvalue weighted by atomic mass is 16.2. The Morgan fingerprint density at radius 1 is 1.21 bits per heavy atom. The van der Waals surface area contributed by atoms with Crippen molar-refractivity contribution in [3.05, 3.63) is 42.2 Å². The van der Waals surface area contributed by atoms with Gasteiger partial charge in [-0.2, -0.15) is 0 Å². The lowest BCUT2D eigenvalue weighted by Crippen LogP contribution is -2.65. The average Bonchev–Trinajstić information content (AvgIpc) is 2.99. The molecule has 4 N–H and O–H groups in total. The highest BCUT2D eigenvalue weighted by Gasteiger charge is 2.62. The zero-order chi connectivity index (χ0) is 21.0. The van der Waals surface area contributed by atoms with E-state index in [4.69, 9.17) is 16.5 Å². The molecular weight excluding hydrogens is 368 g/mol. The predicted molar refractivity (Wildman–Crippen MR) is 111 cm³/mol. The third-order valence-corrected chi connectivity index (χ3v) is 5.64. The van der Waals surface area contributed by atoms with Crippen LogP contribution in [0.2, 0.25) is 0 Å². The number of fused-ring (bicyclic) bond motifs is 4. The Morgan fingerprint density at radius 3 is 2.55 bits per heavy atom. The number of aromatic nitrogens is 2. The maximum Gasteiger partial charge on any atom is 0.246 e. The van der Waals surface area contributed by atoms with Crippen LogP contribution in [-0.2, 0) is 16.0 Å². The van der Waals surface area contributed by atoms with E-state index in [1.165, 1.54) is 0 Å². The van der Waals surface area contributed by atoms with Crippen LogP contribution in [0.1, 0.15) is 26.5 Å². The van der Waals surface area contributed by atoms with Crippen molar-refractivity contribution in [3.8, 4) is 0 Å². The molecule has 2 bridgehead atoms. The first kappa shape index (κ1) is 19.2. The molecule has 2 aromatic rings. The summed E-state index contributed by atoms with van der Waals surface area (Å²) in [6.07, 6.45) is 2.41. The Labute approximate surface area is 169 Å². The first-order chi connectivity index (χ1) is 13.6. The van der Waals surface area contributed by atoms with E-state index in [9.17, 15) is 9.59 Å². The van der Waals surface area contributed by atoms with Crippen LogP contribution in [0.3, 0.4) is 0 Å². The summed E-state index contributed by atoms with van der Waals surface area (Å²) in [4.78, 5) is 38.3. The number of amides is 2. The van der Waals surface area contributed by atoms with Gasteiger partial charge in [-0.15, -0.1) is 0 Å². The number of nitrogens with zero attached hydrogens (tertiary/aromatic N) is 4. The molecule has 1 fully saturated rings. The van der Waals surface area contributed by atoms with Crippen LogP contribution in [-0.4, -0.2) is 40.4 Å². The van der Waals surface area contributed by atoms with Crippen molar-refractivity contribution in [1.82, 2.24) is 9.97 Å². The van der Waals surface area contributed by atoms with Gasteiger partial charge in [-0.3, -0.25) is 14.5 Å². The molecule has 4 heterocycles. The topological polar surface area (TPSA) is 118 Å². The minimum Gasteiger partial charge on any atom is -0.369 e. The number of hydrogen-bond donors (Lipinski definition) is 2. The third kappa shape index (κ3) is 2.99. The maximum atomic E-state index is 12.8.